The molecule has 0 aromatic heterocycles. The maximum absolute atomic E-state index is 9.85. The second-order valence-electron chi connectivity index (χ2n) is 6.96. The monoisotopic (exact) mass is 342 g/mol. The van der Waals surface area contributed by atoms with Crippen LogP contribution >= 0.6 is 11.8 Å². The highest BCUT2D eigenvalue weighted by molar-refractivity contribution is 8.00. The second-order valence-corrected chi connectivity index (χ2v) is 8.86. The van der Waals surface area contributed by atoms with E-state index in [0.29, 0.717) is 5.57 Å². The van der Waals surface area contributed by atoms with E-state index in [0.717, 1.165) is 16.7 Å². The summed E-state index contributed by atoms with van der Waals surface area (Å²) in [4.78, 5) is 1.17. The van der Waals surface area contributed by atoms with E-state index in [9.17, 15) is 10.5 Å². The van der Waals surface area contributed by atoms with Gasteiger partial charge in [0.2, 0.25) is 0 Å². The number of hydrogen-bond donors (Lipinski definition) is 0. The molecule has 25 heavy (non-hydrogen) atoms. The van der Waals surface area contributed by atoms with Crippen LogP contribution in [0.3, 0.4) is 0 Å². The summed E-state index contributed by atoms with van der Waals surface area (Å²) in [5, 5.41) is 19.7. The maximum atomic E-state index is 9.85. The van der Waals surface area contributed by atoms with Crippen molar-refractivity contribution in [3.8, 4) is 12.1 Å². The lowest BCUT2D eigenvalue weighted by Crippen LogP contribution is -2.17. The van der Waals surface area contributed by atoms with Crippen molar-refractivity contribution in [3.05, 3.63) is 77.1 Å². The molecule has 0 heterocycles. The first-order valence-corrected chi connectivity index (χ1v) is 8.90. The van der Waals surface area contributed by atoms with Gasteiger partial charge >= 0.3 is 0 Å². The summed E-state index contributed by atoms with van der Waals surface area (Å²) in [6, 6.07) is 12.6. The van der Waals surface area contributed by atoms with E-state index in [1.165, 1.54) is 4.90 Å². The Kier molecular flexibility index (Phi) is 4.32. The molecule has 0 aliphatic heterocycles. The number of nitriles is 2. The Morgan fingerprint density at radius 1 is 1.00 bits per heavy atom. The van der Waals surface area contributed by atoms with Gasteiger partial charge in [-0.25, -0.2) is 0 Å². The zero-order chi connectivity index (χ0) is 18.1. The van der Waals surface area contributed by atoms with Gasteiger partial charge in [0.25, 0.3) is 0 Å². The van der Waals surface area contributed by atoms with Crippen molar-refractivity contribution in [2.45, 2.75) is 30.4 Å². The van der Waals surface area contributed by atoms with E-state index in [4.69, 9.17) is 0 Å². The molecule has 0 atom stereocenters. The van der Waals surface area contributed by atoms with Crippen molar-refractivity contribution < 1.29 is 0 Å². The molecule has 0 bridgehead atoms. The van der Waals surface area contributed by atoms with Crippen molar-refractivity contribution in [2.24, 2.45) is 5.41 Å². The lowest BCUT2D eigenvalue weighted by molar-refractivity contribution is 0.803. The van der Waals surface area contributed by atoms with Crippen molar-refractivity contribution in [1.29, 1.82) is 10.5 Å². The fraction of sp³-hybridized carbons (Fsp3) is 0.227. The van der Waals surface area contributed by atoms with Gasteiger partial charge in [0.1, 0.15) is 0 Å². The number of nitrogens with zero attached hydrogens (tertiary/aromatic N) is 2. The molecule has 0 fully saturated rings. The third-order valence-corrected chi connectivity index (χ3v) is 5.14. The Morgan fingerprint density at radius 3 is 2.28 bits per heavy atom. The van der Waals surface area contributed by atoms with E-state index < -0.39 is 5.41 Å². The van der Waals surface area contributed by atoms with Crippen LogP contribution in [0.15, 0.2) is 76.4 Å². The van der Waals surface area contributed by atoms with Gasteiger partial charge in [-0.2, -0.15) is 10.5 Å². The Balaban J connectivity index is 2.08. The first-order chi connectivity index (χ1) is 11.9. The van der Waals surface area contributed by atoms with Crippen LogP contribution in [-0.2, 0) is 0 Å². The number of hydrogen-bond acceptors (Lipinski definition) is 3. The fourth-order valence-corrected chi connectivity index (χ4v) is 3.96. The predicted molar refractivity (Wildman–Crippen MR) is 103 cm³/mol. The van der Waals surface area contributed by atoms with Gasteiger partial charge in [-0.15, -0.1) is 17.5 Å². The highest BCUT2D eigenvalue weighted by Crippen LogP contribution is 2.50. The molecule has 0 saturated heterocycles. The zero-order valence-electron chi connectivity index (χ0n) is 14.5. The Bertz CT molecular complexity index is 931. The van der Waals surface area contributed by atoms with Crippen LogP contribution in [0.5, 0.6) is 0 Å². The molecule has 0 saturated carbocycles. The molecule has 1 aromatic carbocycles. The molecule has 0 N–H and O–H groups in total. The number of fused-ring (bicyclic) bond motifs is 1. The molecule has 0 spiro atoms. The topological polar surface area (TPSA) is 47.6 Å². The number of allylic oxidation sites excluding steroid dienone is 7. The largest absolute Gasteiger partial charge is 0.196 e. The minimum absolute atomic E-state index is 0.136. The van der Waals surface area contributed by atoms with Gasteiger partial charge in [0.15, 0.2) is 5.41 Å². The smallest absolute Gasteiger partial charge is 0.195 e. The van der Waals surface area contributed by atoms with Gasteiger partial charge in [-0.3, -0.25) is 0 Å². The molecule has 1 aromatic rings. The summed E-state index contributed by atoms with van der Waals surface area (Å²) in [6.07, 6.45) is 9.25. The SMILES string of the molecule is CC(C)(C)Sc1ccc(C2=CC3=C=CC=CC=C3C2(C#N)C#N)cc1. The lowest BCUT2D eigenvalue weighted by Gasteiger charge is -2.20. The molecular weight excluding hydrogens is 324 g/mol. The molecule has 2 aliphatic carbocycles. The summed E-state index contributed by atoms with van der Waals surface area (Å²) in [6.45, 7) is 6.52. The number of benzene rings is 1. The predicted octanol–water partition coefficient (Wildman–Crippen LogP) is 5.59. The normalized spacial score (nSPS) is 17.6. The van der Waals surface area contributed by atoms with Gasteiger partial charge in [0, 0.05) is 20.8 Å². The first-order valence-electron chi connectivity index (χ1n) is 8.08. The van der Waals surface area contributed by atoms with Gasteiger partial charge in [0.05, 0.1) is 12.1 Å². The van der Waals surface area contributed by atoms with Crippen molar-refractivity contribution in [3.63, 3.8) is 0 Å². The highest BCUT2D eigenvalue weighted by atomic mass is 32.2. The van der Waals surface area contributed by atoms with E-state index in [1.54, 1.807) is 17.8 Å². The number of rotatable bonds is 2. The molecule has 3 heteroatoms. The summed E-state index contributed by atoms with van der Waals surface area (Å²) in [5.41, 5.74) is 5.00. The Morgan fingerprint density at radius 2 is 1.68 bits per heavy atom. The third-order valence-electron chi connectivity index (χ3n) is 4.02. The Hall–Kier alpha value is -2.71. The van der Waals surface area contributed by atoms with Crippen LogP contribution < -0.4 is 0 Å². The van der Waals surface area contributed by atoms with Gasteiger partial charge in [-0.1, -0.05) is 51.1 Å². The quantitative estimate of drug-likeness (QED) is 0.520. The molecule has 2 aliphatic rings. The zero-order valence-corrected chi connectivity index (χ0v) is 15.3. The molecule has 0 amide bonds. The fourth-order valence-electron chi connectivity index (χ4n) is 2.98. The highest BCUT2D eigenvalue weighted by Gasteiger charge is 2.45. The maximum Gasteiger partial charge on any atom is 0.195 e. The van der Waals surface area contributed by atoms with Crippen LogP contribution in [-0.4, -0.2) is 4.75 Å². The minimum Gasteiger partial charge on any atom is -0.196 e. The molecule has 122 valence electrons. The average Bonchev–Trinajstić information content (AvgIpc) is 2.70. The molecular formula is C22H18N2S. The minimum atomic E-state index is -1.29. The van der Waals surface area contributed by atoms with Crippen molar-refractivity contribution >= 4 is 17.3 Å². The molecule has 3 rings (SSSR count). The van der Waals surface area contributed by atoms with Crippen LogP contribution in [0.1, 0.15) is 26.3 Å². The van der Waals surface area contributed by atoms with Gasteiger partial charge < -0.3 is 0 Å². The molecule has 0 unspecified atom stereocenters. The van der Waals surface area contributed by atoms with Crippen LogP contribution in [0.25, 0.3) is 5.57 Å². The molecule has 0 radical (unpaired) electrons. The Labute approximate surface area is 153 Å². The number of thioether (sulfide) groups is 1. The summed E-state index contributed by atoms with van der Waals surface area (Å²) in [7, 11) is 0. The first kappa shape index (κ1) is 17.1. The van der Waals surface area contributed by atoms with E-state index in [1.807, 2.05) is 36.4 Å². The van der Waals surface area contributed by atoms with E-state index >= 15 is 0 Å². The summed E-state index contributed by atoms with van der Waals surface area (Å²) in [5.74, 6) is 0. The standard InChI is InChI=1S/C22H18N2S/c1-21(2,3)25-18-11-9-16(10-12-18)20-13-17-7-5-4-6-8-19(17)22(20,14-23)15-24/h4-6,8-13H,1-3H3. The van der Waals surface area contributed by atoms with Crippen LogP contribution in [0.2, 0.25) is 0 Å². The van der Waals surface area contributed by atoms with Crippen molar-refractivity contribution in [2.75, 3.05) is 0 Å². The summed E-state index contributed by atoms with van der Waals surface area (Å²) >= 11 is 1.79. The van der Waals surface area contributed by atoms with Crippen LogP contribution in [0.4, 0.5) is 0 Å². The van der Waals surface area contributed by atoms with E-state index in [-0.39, 0.29) is 4.75 Å². The molecule has 2 nitrogen and oxygen atoms in total. The second kappa shape index (κ2) is 6.30. The average molecular weight is 342 g/mol. The van der Waals surface area contributed by atoms with Crippen molar-refractivity contribution in [1.82, 2.24) is 0 Å². The summed E-state index contributed by atoms with van der Waals surface area (Å²) < 4.78 is 0.136. The van der Waals surface area contributed by atoms with Crippen LogP contribution in [0, 0.1) is 28.1 Å². The van der Waals surface area contributed by atoms with Gasteiger partial charge in [-0.05, 0) is 35.4 Å². The van der Waals surface area contributed by atoms with E-state index in [2.05, 4.69) is 50.8 Å². The lowest BCUT2D eigenvalue weighted by atomic mass is 9.77. The third kappa shape index (κ3) is 3.13.